The summed E-state index contributed by atoms with van der Waals surface area (Å²) in [6, 6.07) is 24.6. The Morgan fingerprint density at radius 2 is 1.42 bits per heavy atom. The summed E-state index contributed by atoms with van der Waals surface area (Å²) in [5, 5.41) is 3.11. The standard InChI is InChI=1S/C25H28N2O3S/c1-19(2)18-23(20-12-6-4-7-13-20)26-25(28)22-16-10-11-17-24(22)27(3)31(29,30)21-14-8-5-9-15-21/h4-17,19,23H,18H2,1-3H3,(H,26,28)/t23-/m1/s1. The van der Waals surface area contributed by atoms with Crippen molar-refractivity contribution >= 4 is 21.6 Å². The van der Waals surface area contributed by atoms with Gasteiger partial charge >= 0.3 is 0 Å². The average Bonchev–Trinajstić information content (AvgIpc) is 2.79. The van der Waals surface area contributed by atoms with Crippen LogP contribution in [0.25, 0.3) is 0 Å². The Balaban J connectivity index is 1.92. The number of nitrogens with zero attached hydrogens (tertiary/aromatic N) is 1. The SMILES string of the molecule is CC(C)C[C@@H](NC(=O)c1ccccc1N(C)S(=O)(=O)c1ccccc1)c1ccccc1. The van der Waals surface area contributed by atoms with Gasteiger partial charge in [0.05, 0.1) is 22.2 Å². The molecule has 0 spiro atoms. The molecule has 0 bridgehead atoms. The van der Waals surface area contributed by atoms with Crippen molar-refractivity contribution < 1.29 is 13.2 Å². The number of rotatable bonds is 8. The van der Waals surface area contributed by atoms with Gasteiger partial charge in [-0.1, -0.05) is 74.5 Å². The van der Waals surface area contributed by atoms with Gasteiger partial charge in [0.1, 0.15) is 0 Å². The smallest absolute Gasteiger partial charge is 0.264 e. The fourth-order valence-electron chi connectivity index (χ4n) is 3.49. The number of para-hydroxylation sites is 1. The summed E-state index contributed by atoms with van der Waals surface area (Å²) >= 11 is 0. The van der Waals surface area contributed by atoms with Crippen LogP contribution in [-0.2, 0) is 10.0 Å². The zero-order valence-corrected chi connectivity index (χ0v) is 18.8. The minimum absolute atomic E-state index is 0.169. The summed E-state index contributed by atoms with van der Waals surface area (Å²) in [6.45, 7) is 4.21. The molecular formula is C25H28N2O3S. The van der Waals surface area contributed by atoms with E-state index >= 15 is 0 Å². The highest BCUT2D eigenvalue weighted by atomic mass is 32.2. The number of nitrogens with one attached hydrogen (secondary N) is 1. The summed E-state index contributed by atoms with van der Waals surface area (Å²) < 4.78 is 27.3. The summed E-state index contributed by atoms with van der Waals surface area (Å²) in [4.78, 5) is 13.4. The number of hydrogen-bond donors (Lipinski definition) is 1. The largest absolute Gasteiger partial charge is 0.345 e. The van der Waals surface area contributed by atoms with Crippen LogP contribution in [0.3, 0.4) is 0 Å². The maximum Gasteiger partial charge on any atom is 0.264 e. The molecular weight excluding hydrogens is 408 g/mol. The van der Waals surface area contributed by atoms with Gasteiger partial charge in [-0.2, -0.15) is 0 Å². The molecule has 3 aromatic rings. The zero-order chi connectivity index (χ0) is 22.4. The van der Waals surface area contributed by atoms with Crippen LogP contribution >= 0.6 is 0 Å². The van der Waals surface area contributed by atoms with Gasteiger partial charge in [-0.3, -0.25) is 9.10 Å². The summed E-state index contributed by atoms with van der Waals surface area (Å²) in [6.07, 6.45) is 0.774. The Labute approximate surface area is 184 Å². The Morgan fingerprint density at radius 3 is 2.03 bits per heavy atom. The van der Waals surface area contributed by atoms with E-state index in [9.17, 15) is 13.2 Å². The quantitative estimate of drug-likeness (QED) is 0.539. The zero-order valence-electron chi connectivity index (χ0n) is 18.0. The second-order valence-electron chi connectivity index (χ2n) is 7.87. The first-order valence-electron chi connectivity index (χ1n) is 10.3. The molecule has 0 aromatic heterocycles. The number of hydrogen-bond acceptors (Lipinski definition) is 3. The van der Waals surface area contributed by atoms with Crippen molar-refractivity contribution in [1.82, 2.24) is 5.32 Å². The number of sulfonamides is 1. The molecule has 0 saturated carbocycles. The van der Waals surface area contributed by atoms with E-state index in [0.717, 1.165) is 16.3 Å². The van der Waals surface area contributed by atoms with Crippen LogP contribution in [-0.4, -0.2) is 21.4 Å². The van der Waals surface area contributed by atoms with Gasteiger partial charge < -0.3 is 5.32 Å². The molecule has 3 aromatic carbocycles. The minimum atomic E-state index is -3.79. The monoisotopic (exact) mass is 436 g/mol. The molecule has 0 aliphatic rings. The lowest BCUT2D eigenvalue weighted by molar-refractivity contribution is 0.0932. The lowest BCUT2D eigenvalue weighted by Gasteiger charge is -2.25. The number of benzene rings is 3. The molecule has 0 saturated heterocycles. The molecule has 1 N–H and O–H groups in total. The van der Waals surface area contributed by atoms with Gasteiger partial charge in [0, 0.05) is 7.05 Å². The van der Waals surface area contributed by atoms with Gasteiger partial charge in [0.2, 0.25) is 0 Å². The molecule has 5 nitrogen and oxygen atoms in total. The molecule has 0 aliphatic heterocycles. The molecule has 6 heteroatoms. The van der Waals surface area contributed by atoms with Crippen molar-refractivity contribution in [2.24, 2.45) is 5.92 Å². The van der Waals surface area contributed by atoms with E-state index in [0.29, 0.717) is 17.2 Å². The molecule has 0 aliphatic carbocycles. The van der Waals surface area contributed by atoms with Crippen molar-refractivity contribution in [3.8, 4) is 0 Å². The normalized spacial score (nSPS) is 12.4. The van der Waals surface area contributed by atoms with E-state index < -0.39 is 10.0 Å². The van der Waals surface area contributed by atoms with Crippen molar-refractivity contribution in [3.63, 3.8) is 0 Å². The van der Waals surface area contributed by atoms with Crippen molar-refractivity contribution in [2.75, 3.05) is 11.4 Å². The van der Waals surface area contributed by atoms with Crippen LogP contribution in [0.1, 0.15) is 42.2 Å². The Hall–Kier alpha value is -3.12. The molecule has 0 heterocycles. The fourth-order valence-corrected chi connectivity index (χ4v) is 4.73. The highest BCUT2D eigenvalue weighted by molar-refractivity contribution is 7.92. The van der Waals surface area contributed by atoms with Gasteiger partial charge in [-0.05, 0) is 42.2 Å². The number of carbonyl (C=O) groups is 1. The van der Waals surface area contributed by atoms with E-state index in [4.69, 9.17) is 0 Å². The van der Waals surface area contributed by atoms with Crippen LogP contribution in [0, 0.1) is 5.92 Å². The highest BCUT2D eigenvalue weighted by Crippen LogP contribution is 2.27. The third-order valence-corrected chi connectivity index (χ3v) is 6.89. The molecule has 1 atom stereocenters. The average molecular weight is 437 g/mol. The third kappa shape index (κ3) is 5.33. The first-order chi connectivity index (χ1) is 14.8. The van der Waals surface area contributed by atoms with Crippen molar-refractivity contribution in [1.29, 1.82) is 0 Å². The number of carbonyl (C=O) groups excluding carboxylic acids is 1. The second kappa shape index (κ2) is 9.79. The first kappa shape index (κ1) is 22.6. The Morgan fingerprint density at radius 1 is 0.871 bits per heavy atom. The van der Waals surface area contributed by atoms with E-state index in [1.165, 1.54) is 7.05 Å². The molecule has 1 amide bonds. The first-order valence-corrected chi connectivity index (χ1v) is 11.7. The minimum Gasteiger partial charge on any atom is -0.345 e. The van der Waals surface area contributed by atoms with Crippen LogP contribution in [0.15, 0.2) is 89.8 Å². The Kier molecular flexibility index (Phi) is 7.13. The van der Waals surface area contributed by atoms with Crippen molar-refractivity contribution in [3.05, 3.63) is 96.1 Å². The summed E-state index contributed by atoms with van der Waals surface area (Å²) in [7, 11) is -2.32. The van der Waals surface area contributed by atoms with Crippen LogP contribution in [0.4, 0.5) is 5.69 Å². The molecule has 0 unspecified atom stereocenters. The second-order valence-corrected chi connectivity index (χ2v) is 9.84. The predicted octanol–water partition coefficient (Wildman–Crippen LogP) is 5.03. The van der Waals surface area contributed by atoms with E-state index in [1.54, 1.807) is 54.6 Å². The molecule has 162 valence electrons. The number of amides is 1. The number of anilines is 1. The fraction of sp³-hybridized carbons (Fsp3) is 0.240. The predicted molar refractivity (Wildman–Crippen MR) is 125 cm³/mol. The third-order valence-electron chi connectivity index (χ3n) is 5.10. The van der Waals surface area contributed by atoms with Crippen LogP contribution < -0.4 is 9.62 Å². The lowest BCUT2D eigenvalue weighted by atomic mass is 9.96. The van der Waals surface area contributed by atoms with E-state index in [2.05, 4.69) is 19.2 Å². The highest BCUT2D eigenvalue weighted by Gasteiger charge is 2.26. The maximum absolute atomic E-state index is 13.3. The van der Waals surface area contributed by atoms with Crippen LogP contribution in [0.2, 0.25) is 0 Å². The maximum atomic E-state index is 13.3. The van der Waals surface area contributed by atoms with Crippen molar-refractivity contribution in [2.45, 2.75) is 31.2 Å². The van der Waals surface area contributed by atoms with Crippen LogP contribution in [0.5, 0.6) is 0 Å². The topological polar surface area (TPSA) is 66.5 Å². The lowest BCUT2D eigenvalue weighted by Crippen LogP contribution is -2.33. The van der Waals surface area contributed by atoms with E-state index in [-0.39, 0.29) is 16.8 Å². The Bertz CT molecular complexity index is 1110. The molecule has 3 rings (SSSR count). The van der Waals surface area contributed by atoms with Gasteiger partial charge in [-0.15, -0.1) is 0 Å². The van der Waals surface area contributed by atoms with E-state index in [1.807, 2.05) is 30.3 Å². The molecule has 31 heavy (non-hydrogen) atoms. The molecule has 0 radical (unpaired) electrons. The van der Waals surface area contributed by atoms with Gasteiger partial charge in [0.15, 0.2) is 0 Å². The van der Waals surface area contributed by atoms with Gasteiger partial charge in [0.25, 0.3) is 15.9 Å². The summed E-state index contributed by atoms with van der Waals surface area (Å²) in [5.41, 5.74) is 1.67. The van der Waals surface area contributed by atoms with Gasteiger partial charge in [-0.25, -0.2) is 8.42 Å². The summed E-state index contributed by atoms with van der Waals surface area (Å²) in [5.74, 6) is 0.0714. The molecule has 0 fully saturated rings.